The molecule has 0 aliphatic rings. The van der Waals surface area contributed by atoms with Crippen LogP contribution >= 0.6 is 0 Å². The predicted molar refractivity (Wildman–Crippen MR) is 128 cm³/mol. The van der Waals surface area contributed by atoms with Crippen LogP contribution in [0.15, 0.2) is 109 Å². The molecule has 0 bridgehead atoms. The van der Waals surface area contributed by atoms with Gasteiger partial charge in [-0.3, -0.25) is 0 Å². The first-order chi connectivity index (χ1) is 15.8. The summed E-state index contributed by atoms with van der Waals surface area (Å²) in [7, 11) is 0. The van der Waals surface area contributed by atoms with E-state index in [2.05, 4.69) is 75.4 Å². The summed E-state index contributed by atoms with van der Waals surface area (Å²) >= 11 is 0. The molecule has 32 heavy (non-hydrogen) atoms. The van der Waals surface area contributed by atoms with Gasteiger partial charge in [0.2, 0.25) is 0 Å². The Morgan fingerprint density at radius 3 is 1.59 bits per heavy atom. The highest BCUT2D eigenvalue weighted by Crippen LogP contribution is 2.28. The van der Waals surface area contributed by atoms with Crippen molar-refractivity contribution in [1.29, 1.82) is 0 Å². The third kappa shape index (κ3) is 4.16. The fourth-order valence-corrected chi connectivity index (χ4v) is 3.88. The Kier molecular flexibility index (Phi) is 5.50. The molecule has 0 saturated heterocycles. The second-order valence-electron chi connectivity index (χ2n) is 7.72. The van der Waals surface area contributed by atoms with E-state index in [1.165, 1.54) is 16.7 Å². The Labute approximate surface area is 187 Å². The van der Waals surface area contributed by atoms with E-state index in [9.17, 15) is 5.11 Å². The van der Waals surface area contributed by atoms with Crippen molar-refractivity contribution in [2.45, 2.75) is 13.0 Å². The van der Waals surface area contributed by atoms with Crippen molar-refractivity contribution in [3.05, 3.63) is 115 Å². The molecule has 0 fully saturated rings. The van der Waals surface area contributed by atoms with Crippen LogP contribution in [0.1, 0.15) is 5.56 Å². The molecule has 4 aromatic carbocycles. The molecule has 0 radical (unpaired) electrons. The Hall–Kier alpha value is -4.18. The van der Waals surface area contributed by atoms with Crippen molar-refractivity contribution in [2.24, 2.45) is 0 Å². The van der Waals surface area contributed by atoms with Gasteiger partial charge in [-0.05, 0) is 47.4 Å². The van der Waals surface area contributed by atoms with E-state index in [1.807, 2.05) is 36.4 Å². The maximum Gasteiger partial charge on any atom is 0.164 e. The van der Waals surface area contributed by atoms with Crippen molar-refractivity contribution in [1.82, 2.24) is 14.8 Å². The molecule has 0 aliphatic carbocycles. The third-order valence-electron chi connectivity index (χ3n) is 5.59. The predicted octanol–water partition coefficient (Wildman–Crippen LogP) is 6.23. The molecule has 5 rings (SSSR count). The molecule has 156 valence electrons. The number of aromatic nitrogens is 3. The van der Waals surface area contributed by atoms with E-state index in [4.69, 9.17) is 0 Å². The van der Waals surface area contributed by atoms with Gasteiger partial charge in [-0.2, -0.15) is 0 Å². The molecule has 4 heteroatoms. The summed E-state index contributed by atoms with van der Waals surface area (Å²) in [6.45, 7) is 0.753. The number of phenolic OH excluding ortho intramolecular Hbond substituents is 1. The highest BCUT2D eigenvalue weighted by molar-refractivity contribution is 5.69. The average Bonchev–Trinajstić information content (AvgIpc) is 3.28. The molecule has 1 aromatic heterocycles. The zero-order valence-electron chi connectivity index (χ0n) is 17.6. The first-order valence-electron chi connectivity index (χ1n) is 10.7. The minimum absolute atomic E-state index is 0.237. The standard InChI is InChI=1S/C28H23N3O/c32-26-17-15-25(16-18-26)28-30-29-27(31(28)20-19-21-7-3-1-4-8-21)24-13-11-23(12-14-24)22-9-5-2-6-10-22/h1-18,32H,19-20H2. The Balaban J connectivity index is 1.51. The van der Waals surface area contributed by atoms with Gasteiger partial charge >= 0.3 is 0 Å². The lowest BCUT2D eigenvalue weighted by atomic mass is 10.0. The molecule has 0 saturated carbocycles. The molecule has 0 atom stereocenters. The van der Waals surface area contributed by atoms with Gasteiger partial charge in [-0.25, -0.2) is 0 Å². The lowest BCUT2D eigenvalue weighted by molar-refractivity contribution is 0.475. The van der Waals surface area contributed by atoms with E-state index in [0.717, 1.165) is 35.7 Å². The molecule has 0 aliphatic heterocycles. The maximum absolute atomic E-state index is 9.69. The van der Waals surface area contributed by atoms with Gasteiger partial charge in [0.05, 0.1) is 0 Å². The molecule has 0 spiro atoms. The molecule has 0 unspecified atom stereocenters. The van der Waals surface area contributed by atoms with Gasteiger partial charge in [0.15, 0.2) is 11.6 Å². The monoisotopic (exact) mass is 417 g/mol. The highest BCUT2D eigenvalue weighted by atomic mass is 16.3. The van der Waals surface area contributed by atoms with E-state index < -0.39 is 0 Å². The summed E-state index contributed by atoms with van der Waals surface area (Å²) in [5.41, 5.74) is 5.58. The first kappa shape index (κ1) is 19.8. The van der Waals surface area contributed by atoms with Crippen LogP contribution in [-0.2, 0) is 13.0 Å². The summed E-state index contributed by atoms with van der Waals surface area (Å²) < 4.78 is 2.16. The number of aromatic hydroxyl groups is 1. The van der Waals surface area contributed by atoms with Crippen molar-refractivity contribution in [2.75, 3.05) is 0 Å². The van der Waals surface area contributed by atoms with Crippen LogP contribution in [0.2, 0.25) is 0 Å². The first-order valence-corrected chi connectivity index (χ1v) is 10.7. The van der Waals surface area contributed by atoms with Crippen LogP contribution in [0.5, 0.6) is 5.75 Å². The van der Waals surface area contributed by atoms with Crippen LogP contribution in [0.4, 0.5) is 0 Å². The van der Waals surface area contributed by atoms with Crippen LogP contribution in [0, 0.1) is 0 Å². The molecule has 1 N–H and O–H groups in total. The number of nitrogens with zero attached hydrogens (tertiary/aromatic N) is 3. The SMILES string of the molecule is Oc1ccc(-c2nnc(-c3ccc(-c4ccccc4)cc3)n2CCc2ccccc2)cc1. The molecule has 5 aromatic rings. The van der Waals surface area contributed by atoms with Crippen LogP contribution in [0.3, 0.4) is 0 Å². The van der Waals surface area contributed by atoms with Crippen LogP contribution in [-0.4, -0.2) is 19.9 Å². The van der Waals surface area contributed by atoms with Gasteiger partial charge in [0, 0.05) is 17.7 Å². The summed E-state index contributed by atoms with van der Waals surface area (Å²) in [4.78, 5) is 0. The minimum atomic E-state index is 0.237. The van der Waals surface area contributed by atoms with Crippen LogP contribution in [0.25, 0.3) is 33.9 Å². The van der Waals surface area contributed by atoms with Crippen molar-refractivity contribution >= 4 is 0 Å². The quantitative estimate of drug-likeness (QED) is 0.356. The average molecular weight is 418 g/mol. The molecule has 4 nitrogen and oxygen atoms in total. The number of benzene rings is 4. The van der Waals surface area contributed by atoms with Crippen molar-refractivity contribution in [3.63, 3.8) is 0 Å². The molecular formula is C28H23N3O. The smallest absolute Gasteiger partial charge is 0.164 e. The van der Waals surface area contributed by atoms with Gasteiger partial charge in [-0.1, -0.05) is 84.9 Å². The van der Waals surface area contributed by atoms with Crippen molar-refractivity contribution < 1.29 is 5.11 Å². The number of hydrogen-bond donors (Lipinski definition) is 1. The van der Waals surface area contributed by atoms with E-state index >= 15 is 0 Å². The van der Waals surface area contributed by atoms with Crippen LogP contribution < -0.4 is 0 Å². The highest BCUT2D eigenvalue weighted by Gasteiger charge is 2.16. The lowest BCUT2D eigenvalue weighted by Crippen LogP contribution is -2.06. The summed E-state index contributed by atoms with van der Waals surface area (Å²) in [5.74, 6) is 1.87. The number of aryl methyl sites for hydroxylation is 1. The zero-order chi connectivity index (χ0) is 21.8. The topological polar surface area (TPSA) is 50.9 Å². The van der Waals surface area contributed by atoms with Gasteiger partial charge in [0.25, 0.3) is 0 Å². The third-order valence-corrected chi connectivity index (χ3v) is 5.59. The van der Waals surface area contributed by atoms with Gasteiger partial charge < -0.3 is 9.67 Å². The van der Waals surface area contributed by atoms with E-state index in [-0.39, 0.29) is 5.75 Å². The summed E-state index contributed by atoms with van der Waals surface area (Å²) in [5, 5.41) is 18.8. The fourth-order valence-electron chi connectivity index (χ4n) is 3.88. The number of phenols is 1. The minimum Gasteiger partial charge on any atom is -0.508 e. The molecule has 1 heterocycles. The van der Waals surface area contributed by atoms with Crippen molar-refractivity contribution in [3.8, 4) is 39.7 Å². The van der Waals surface area contributed by atoms with Gasteiger partial charge in [-0.15, -0.1) is 10.2 Å². The lowest BCUT2D eigenvalue weighted by Gasteiger charge is -2.12. The van der Waals surface area contributed by atoms with E-state index in [0.29, 0.717) is 0 Å². The molecular weight excluding hydrogens is 394 g/mol. The zero-order valence-corrected chi connectivity index (χ0v) is 17.6. The molecule has 0 amide bonds. The van der Waals surface area contributed by atoms with Gasteiger partial charge in [0.1, 0.15) is 5.75 Å². The number of hydrogen-bond acceptors (Lipinski definition) is 3. The Bertz CT molecular complexity index is 1290. The second-order valence-corrected chi connectivity index (χ2v) is 7.72. The normalized spacial score (nSPS) is 10.9. The summed E-state index contributed by atoms with van der Waals surface area (Å²) in [6.07, 6.45) is 0.874. The Morgan fingerprint density at radius 2 is 1.00 bits per heavy atom. The summed E-state index contributed by atoms with van der Waals surface area (Å²) in [6, 6.07) is 36.3. The second kappa shape index (κ2) is 8.90. The maximum atomic E-state index is 9.69. The fraction of sp³-hybridized carbons (Fsp3) is 0.0714. The number of rotatable bonds is 6. The largest absolute Gasteiger partial charge is 0.508 e. The van der Waals surface area contributed by atoms with E-state index in [1.54, 1.807) is 12.1 Å². The Morgan fingerprint density at radius 1 is 0.531 bits per heavy atom.